The molecular weight excluding hydrogens is 236 g/mol. The van der Waals surface area contributed by atoms with Crippen molar-refractivity contribution in [1.82, 2.24) is 0 Å². The Morgan fingerprint density at radius 3 is 2.28 bits per heavy atom. The Balaban J connectivity index is 3.04. The van der Waals surface area contributed by atoms with Crippen LogP contribution in [0.5, 0.6) is 0 Å². The van der Waals surface area contributed by atoms with E-state index in [1.165, 1.54) is 19.9 Å². The molecule has 0 aromatic carbocycles. The molecule has 0 aliphatic rings. The van der Waals surface area contributed by atoms with Crippen LogP contribution in [0, 0.1) is 6.92 Å². The number of aliphatic carboxylic acids is 1. The summed E-state index contributed by atoms with van der Waals surface area (Å²) in [5, 5.41) is 9.27. The second-order valence-electron chi connectivity index (χ2n) is 4.47. The molecule has 5 nitrogen and oxygen atoms in total. The fourth-order valence-electron chi connectivity index (χ4n) is 1.60. The zero-order valence-corrected chi connectivity index (χ0v) is 10.6. The first-order chi connectivity index (χ1) is 8.28. The maximum absolute atomic E-state index is 12.0. The highest BCUT2D eigenvalue weighted by Crippen LogP contribution is 2.29. The molecule has 1 unspecified atom stereocenters. The van der Waals surface area contributed by atoms with E-state index in [0.29, 0.717) is 5.76 Å². The van der Waals surface area contributed by atoms with E-state index < -0.39 is 17.2 Å². The number of carboxylic acid groups (broad SMARTS) is 1. The van der Waals surface area contributed by atoms with Crippen LogP contribution in [0.3, 0.4) is 0 Å². The van der Waals surface area contributed by atoms with Crippen LogP contribution in [-0.4, -0.2) is 22.6 Å². The first-order valence-corrected chi connectivity index (χ1v) is 5.61. The van der Waals surface area contributed by atoms with Gasteiger partial charge in [0, 0.05) is 12.8 Å². The third-order valence-electron chi connectivity index (χ3n) is 2.92. The van der Waals surface area contributed by atoms with Crippen LogP contribution in [-0.2, 0) is 19.8 Å². The first kappa shape index (κ1) is 14.2. The number of carbonyl (C=O) groups is 3. The number of hydrogen-bond donors (Lipinski definition) is 1. The summed E-state index contributed by atoms with van der Waals surface area (Å²) in [5.74, 6) is -1.31. The van der Waals surface area contributed by atoms with Gasteiger partial charge in [0.2, 0.25) is 0 Å². The summed E-state index contributed by atoms with van der Waals surface area (Å²) in [4.78, 5) is 34.2. The molecule has 0 saturated carbocycles. The van der Waals surface area contributed by atoms with Crippen LogP contribution >= 0.6 is 0 Å². The Labute approximate surface area is 105 Å². The molecule has 1 aromatic heterocycles. The number of hydrogen-bond acceptors (Lipinski definition) is 4. The van der Waals surface area contributed by atoms with E-state index in [1.54, 1.807) is 13.0 Å². The number of Topliss-reactive ketones (excluding diaryl/α,β-unsaturated/α-hetero) is 2. The summed E-state index contributed by atoms with van der Waals surface area (Å²) < 4.78 is 5.25. The van der Waals surface area contributed by atoms with Crippen molar-refractivity contribution in [1.29, 1.82) is 0 Å². The van der Waals surface area contributed by atoms with E-state index in [0.717, 1.165) is 0 Å². The molecule has 1 aromatic rings. The Hall–Kier alpha value is -1.91. The predicted octanol–water partition coefficient (Wildman–Crippen LogP) is 1.87. The molecule has 0 radical (unpaired) electrons. The van der Waals surface area contributed by atoms with Crippen molar-refractivity contribution in [3.8, 4) is 0 Å². The van der Waals surface area contributed by atoms with Gasteiger partial charge < -0.3 is 14.3 Å². The van der Waals surface area contributed by atoms with Crippen molar-refractivity contribution >= 4 is 17.5 Å². The molecule has 0 bridgehead atoms. The minimum Gasteiger partial charge on any atom is -0.480 e. The Bertz CT molecular complexity index is 485. The van der Waals surface area contributed by atoms with Gasteiger partial charge in [0.15, 0.2) is 11.2 Å². The van der Waals surface area contributed by atoms with Crippen LogP contribution in [0.25, 0.3) is 0 Å². The van der Waals surface area contributed by atoms with Gasteiger partial charge in [0.05, 0.1) is 0 Å². The number of aryl methyl sites for hydroxylation is 1. The number of rotatable bonds is 6. The number of carbonyl (C=O) groups excluding carboxylic acids is 2. The van der Waals surface area contributed by atoms with Crippen molar-refractivity contribution in [3.63, 3.8) is 0 Å². The van der Waals surface area contributed by atoms with E-state index in [-0.39, 0.29) is 24.4 Å². The van der Waals surface area contributed by atoms with Gasteiger partial charge in [-0.3, -0.25) is 9.59 Å². The van der Waals surface area contributed by atoms with E-state index in [4.69, 9.17) is 4.42 Å². The largest absolute Gasteiger partial charge is 0.480 e. The minimum atomic E-state index is -1.73. The van der Waals surface area contributed by atoms with E-state index >= 15 is 0 Å². The third kappa shape index (κ3) is 2.67. The average molecular weight is 252 g/mol. The lowest BCUT2D eigenvalue weighted by molar-refractivity contribution is -0.149. The topological polar surface area (TPSA) is 84.6 Å². The molecule has 1 rings (SSSR count). The lowest BCUT2D eigenvalue weighted by Crippen LogP contribution is -2.40. The highest BCUT2D eigenvalue weighted by Gasteiger charge is 2.45. The number of furan rings is 1. The molecule has 0 amide bonds. The lowest BCUT2D eigenvalue weighted by atomic mass is 9.81. The molecule has 18 heavy (non-hydrogen) atoms. The molecule has 1 atom stereocenters. The van der Waals surface area contributed by atoms with Crippen LogP contribution in [0.15, 0.2) is 16.5 Å². The van der Waals surface area contributed by atoms with Gasteiger partial charge in [-0.25, -0.2) is 0 Å². The standard InChI is InChI=1S/C13H16O5/c1-8(14)4-6-10(15)13(3,12(16)17)11-7-5-9(2)18-11/h5,7H,4,6H2,1-3H3,(H,16,17). The lowest BCUT2D eigenvalue weighted by Gasteiger charge is -2.20. The van der Waals surface area contributed by atoms with Crippen LogP contribution in [0.2, 0.25) is 0 Å². The summed E-state index contributed by atoms with van der Waals surface area (Å²) in [7, 11) is 0. The van der Waals surface area contributed by atoms with Gasteiger partial charge in [-0.15, -0.1) is 0 Å². The zero-order valence-electron chi connectivity index (χ0n) is 10.6. The van der Waals surface area contributed by atoms with Crippen molar-refractivity contribution in [2.24, 2.45) is 0 Å². The van der Waals surface area contributed by atoms with Crippen molar-refractivity contribution in [3.05, 3.63) is 23.7 Å². The number of carboxylic acids is 1. The summed E-state index contributed by atoms with van der Waals surface area (Å²) in [6.45, 7) is 4.34. The Morgan fingerprint density at radius 2 is 1.89 bits per heavy atom. The normalized spacial score (nSPS) is 13.9. The summed E-state index contributed by atoms with van der Waals surface area (Å²) in [6.07, 6.45) is -0.0563. The SMILES string of the molecule is CC(=O)CCC(=O)C(C)(C(=O)O)c1ccc(C)o1. The Kier molecular flexibility index (Phi) is 4.06. The molecule has 98 valence electrons. The highest BCUT2D eigenvalue weighted by atomic mass is 16.4. The summed E-state index contributed by atoms with van der Waals surface area (Å²) >= 11 is 0. The van der Waals surface area contributed by atoms with Crippen molar-refractivity contribution in [2.75, 3.05) is 0 Å². The zero-order chi connectivity index (χ0) is 13.9. The molecule has 0 fully saturated rings. The fourth-order valence-corrected chi connectivity index (χ4v) is 1.60. The number of ketones is 2. The monoisotopic (exact) mass is 252 g/mol. The van der Waals surface area contributed by atoms with Gasteiger partial charge in [0.1, 0.15) is 17.3 Å². The summed E-state index contributed by atoms with van der Waals surface area (Å²) in [6, 6.07) is 3.09. The molecule has 0 aliphatic heterocycles. The van der Waals surface area contributed by atoms with Gasteiger partial charge in [-0.2, -0.15) is 0 Å². The van der Waals surface area contributed by atoms with E-state index in [1.807, 2.05) is 0 Å². The molecule has 1 N–H and O–H groups in total. The van der Waals surface area contributed by atoms with Crippen LogP contribution in [0.1, 0.15) is 38.2 Å². The Morgan fingerprint density at radius 1 is 1.28 bits per heavy atom. The second-order valence-corrected chi connectivity index (χ2v) is 4.47. The quantitative estimate of drug-likeness (QED) is 0.781. The second kappa shape index (κ2) is 5.16. The highest BCUT2D eigenvalue weighted by molar-refractivity contribution is 6.08. The predicted molar refractivity (Wildman–Crippen MR) is 63.4 cm³/mol. The minimum absolute atomic E-state index is 0.0430. The molecule has 5 heteroatoms. The maximum Gasteiger partial charge on any atom is 0.324 e. The van der Waals surface area contributed by atoms with Crippen molar-refractivity contribution < 1.29 is 23.9 Å². The molecule has 0 aliphatic carbocycles. The van der Waals surface area contributed by atoms with E-state index in [9.17, 15) is 19.5 Å². The van der Waals surface area contributed by atoms with Crippen molar-refractivity contribution in [2.45, 2.75) is 39.0 Å². The molecule has 0 saturated heterocycles. The van der Waals surface area contributed by atoms with Gasteiger partial charge >= 0.3 is 5.97 Å². The van der Waals surface area contributed by atoms with Gasteiger partial charge in [-0.1, -0.05) is 0 Å². The van der Waals surface area contributed by atoms with E-state index in [2.05, 4.69) is 0 Å². The maximum atomic E-state index is 12.0. The fraction of sp³-hybridized carbons (Fsp3) is 0.462. The van der Waals surface area contributed by atoms with Crippen LogP contribution < -0.4 is 0 Å². The molecule has 0 spiro atoms. The molecular formula is C13H16O5. The summed E-state index contributed by atoms with van der Waals surface area (Å²) in [5.41, 5.74) is -1.73. The first-order valence-electron chi connectivity index (χ1n) is 5.61. The smallest absolute Gasteiger partial charge is 0.324 e. The third-order valence-corrected chi connectivity index (χ3v) is 2.92. The average Bonchev–Trinajstić information content (AvgIpc) is 2.71. The van der Waals surface area contributed by atoms with Gasteiger partial charge in [-0.05, 0) is 32.9 Å². The van der Waals surface area contributed by atoms with Gasteiger partial charge in [0.25, 0.3) is 0 Å². The van der Waals surface area contributed by atoms with Crippen LogP contribution in [0.4, 0.5) is 0 Å². The molecule has 1 heterocycles.